The number of nitrogen functional groups attached to an aromatic ring is 1. The summed E-state index contributed by atoms with van der Waals surface area (Å²) in [5, 5.41) is 8.14. The lowest BCUT2D eigenvalue weighted by atomic mass is 10.2. The fourth-order valence-electron chi connectivity index (χ4n) is 2.39. The molecule has 0 saturated carbocycles. The van der Waals surface area contributed by atoms with Gasteiger partial charge in [0.25, 0.3) is 0 Å². The van der Waals surface area contributed by atoms with Gasteiger partial charge in [0.1, 0.15) is 0 Å². The lowest BCUT2D eigenvalue weighted by Gasteiger charge is -2.09. The molecule has 29 heavy (non-hydrogen) atoms. The van der Waals surface area contributed by atoms with Crippen molar-refractivity contribution >= 4 is 34.9 Å². The number of carbonyl (C=O) groups is 2. The van der Waals surface area contributed by atoms with Gasteiger partial charge in [-0.1, -0.05) is 24.0 Å². The second-order valence-corrected chi connectivity index (χ2v) is 6.00. The summed E-state index contributed by atoms with van der Waals surface area (Å²) in [6.07, 6.45) is 3.08. The number of rotatable bonds is 3. The van der Waals surface area contributed by atoms with Gasteiger partial charge in [-0.05, 0) is 36.4 Å². The quantitative estimate of drug-likeness (QED) is 0.515. The third kappa shape index (κ3) is 6.08. The molecule has 144 valence electrons. The van der Waals surface area contributed by atoms with E-state index in [-0.39, 0.29) is 11.9 Å². The Balaban J connectivity index is 1.65. The Morgan fingerprint density at radius 3 is 2.03 bits per heavy atom. The summed E-state index contributed by atoms with van der Waals surface area (Å²) >= 11 is 0. The number of amides is 3. The molecule has 0 unspecified atom stereocenters. The summed E-state index contributed by atoms with van der Waals surface area (Å²) in [5.41, 5.74) is 8.53. The van der Waals surface area contributed by atoms with E-state index in [1.807, 2.05) is 6.07 Å². The van der Waals surface area contributed by atoms with Crippen LogP contribution < -0.4 is 21.7 Å². The van der Waals surface area contributed by atoms with Crippen LogP contribution in [0.4, 0.5) is 27.8 Å². The Hall–Kier alpha value is -4.38. The third-order valence-corrected chi connectivity index (χ3v) is 3.58. The van der Waals surface area contributed by atoms with Crippen LogP contribution in [-0.2, 0) is 4.79 Å². The first kappa shape index (κ1) is 19.4. The molecule has 0 aliphatic heterocycles. The van der Waals surface area contributed by atoms with E-state index in [4.69, 9.17) is 5.73 Å². The standard InChI is InChI=1S/C21H18N6O2/c1-14(28)25-18-6-3-7-19(11-18)27-21(29)26-17-5-2-4-15(10-17)8-9-16-12-23-20(22)24-13-16/h2-7,10-13H,1H3,(H,25,28)(H2,22,23,24)(H2,26,27,29). The molecule has 0 atom stereocenters. The predicted molar refractivity (Wildman–Crippen MR) is 112 cm³/mol. The average molecular weight is 386 g/mol. The number of hydrogen-bond acceptors (Lipinski definition) is 5. The minimum absolute atomic E-state index is 0.185. The molecule has 3 aromatic rings. The van der Waals surface area contributed by atoms with Crippen molar-refractivity contribution in [2.24, 2.45) is 0 Å². The number of anilines is 4. The highest BCUT2D eigenvalue weighted by atomic mass is 16.2. The first-order valence-corrected chi connectivity index (χ1v) is 8.63. The maximum atomic E-state index is 12.3. The van der Waals surface area contributed by atoms with Crippen LogP contribution in [-0.4, -0.2) is 21.9 Å². The minimum Gasteiger partial charge on any atom is -0.368 e. The maximum Gasteiger partial charge on any atom is 0.323 e. The summed E-state index contributed by atoms with van der Waals surface area (Å²) in [7, 11) is 0. The Labute approximate surface area is 167 Å². The van der Waals surface area contributed by atoms with Crippen molar-refractivity contribution in [3.8, 4) is 11.8 Å². The molecule has 0 saturated heterocycles. The summed E-state index contributed by atoms with van der Waals surface area (Å²) in [6.45, 7) is 1.42. The van der Waals surface area contributed by atoms with Gasteiger partial charge in [0.05, 0.1) is 5.56 Å². The van der Waals surface area contributed by atoms with Crippen LogP contribution in [0.15, 0.2) is 60.9 Å². The molecular formula is C21H18N6O2. The van der Waals surface area contributed by atoms with E-state index in [0.29, 0.717) is 28.2 Å². The van der Waals surface area contributed by atoms with Gasteiger partial charge >= 0.3 is 6.03 Å². The second kappa shape index (κ2) is 9.01. The largest absolute Gasteiger partial charge is 0.368 e. The number of carbonyl (C=O) groups excluding carboxylic acids is 2. The highest BCUT2D eigenvalue weighted by Gasteiger charge is 2.04. The molecule has 0 radical (unpaired) electrons. The molecule has 0 aliphatic carbocycles. The molecule has 1 aromatic heterocycles. The van der Waals surface area contributed by atoms with Crippen molar-refractivity contribution in [3.05, 3.63) is 72.1 Å². The molecule has 3 rings (SSSR count). The highest BCUT2D eigenvalue weighted by Crippen LogP contribution is 2.16. The van der Waals surface area contributed by atoms with Crippen LogP contribution >= 0.6 is 0 Å². The first-order chi connectivity index (χ1) is 14.0. The van der Waals surface area contributed by atoms with Crippen molar-refractivity contribution in [1.82, 2.24) is 9.97 Å². The molecule has 0 spiro atoms. The van der Waals surface area contributed by atoms with Gasteiger partial charge in [0.2, 0.25) is 11.9 Å². The SMILES string of the molecule is CC(=O)Nc1cccc(NC(=O)Nc2cccc(C#Cc3cnc(N)nc3)c2)c1. The lowest BCUT2D eigenvalue weighted by molar-refractivity contribution is -0.114. The zero-order chi connectivity index (χ0) is 20.6. The van der Waals surface area contributed by atoms with Gasteiger partial charge in [-0.3, -0.25) is 4.79 Å². The molecule has 8 heteroatoms. The fourth-order valence-corrected chi connectivity index (χ4v) is 2.39. The van der Waals surface area contributed by atoms with Gasteiger partial charge in [-0.15, -0.1) is 0 Å². The van der Waals surface area contributed by atoms with Crippen LogP contribution in [0.1, 0.15) is 18.1 Å². The monoisotopic (exact) mass is 386 g/mol. The van der Waals surface area contributed by atoms with Gasteiger partial charge in [0, 0.05) is 41.9 Å². The minimum atomic E-state index is -0.415. The zero-order valence-electron chi connectivity index (χ0n) is 15.6. The van der Waals surface area contributed by atoms with E-state index < -0.39 is 6.03 Å². The van der Waals surface area contributed by atoms with E-state index >= 15 is 0 Å². The summed E-state index contributed by atoms with van der Waals surface area (Å²) in [6, 6.07) is 13.6. The molecule has 5 N–H and O–H groups in total. The molecule has 2 aromatic carbocycles. The molecule has 0 fully saturated rings. The molecule has 0 aliphatic rings. The topological polar surface area (TPSA) is 122 Å². The predicted octanol–water partition coefficient (Wildman–Crippen LogP) is 3.06. The van der Waals surface area contributed by atoms with Crippen LogP contribution in [0, 0.1) is 11.8 Å². The summed E-state index contributed by atoms with van der Waals surface area (Å²) in [4.78, 5) is 31.2. The Kier molecular flexibility index (Phi) is 6.02. The molecule has 3 amide bonds. The summed E-state index contributed by atoms with van der Waals surface area (Å²) < 4.78 is 0. The van der Waals surface area contributed by atoms with Gasteiger partial charge < -0.3 is 21.7 Å². The van der Waals surface area contributed by atoms with E-state index in [1.165, 1.54) is 6.92 Å². The Morgan fingerprint density at radius 2 is 1.38 bits per heavy atom. The van der Waals surface area contributed by atoms with E-state index in [9.17, 15) is 9.59 Å². The van der Waals surface area contributed by atoms with Crippen LogP contribution in [0.2, 0.25) is 0 Å². The molecule has 8 nitrogen and oxygen atoms in total. The molecule has 0 bridgehead atoms. The smallest absolute Gasteiger partial charge is 0.323 e. The van der Waals surface area contributed by atoms with Gasteiger partial charge in [0.15, 0.2) is 0 Å². The second-order valence-electron chi connectivity index (χ2n) is 6.00. The van der Waals surface area contributed by atoms with Crippen molar-refractivity contribution in [3.63, 3.8) is 0 Å². The van der Waals surface area contributed by atoms with Crippen LogP contribution in [0.3, 0.4) is 0 Å². The van der Waals surface area contributed by atoms with Gasteiger partial charge in [-0.25, -0.2) is 14.8 Å². The fraction of sp³-hybridized carbons (Fsp3) is 0.0476. The number of aromatic nitrogens is 2. The number of nitrogens with one attached hydrogen (secondary N) is 3. The van der Waals surface area contributed by atoms with E-state index in [2.05, 4.69) is 37.8 Å². The lowest BCUT2D eigenvalue weighted by Crippen LogP contribution is -2.19. The Bertz CT molecular complexity index is 1100. The number of nitrogens with two attached hydrogens (primary N) is 1. The normalized spacial score (nSPS) is 9.69. The van der Waals surface area contributed by atoms with Crippen molar-refractivity contribution in [1.29, 1.82) is 0 Å². The third-order valence-electron chi connectivity index (χ3n) is 3.58. The molecular weight excluding hydrogens is 368 g/mol. The summed E-state index contributed by atoms with van der Waals surface area (Å²) in [5.74, 6) is 5.93. The van der Waals surface area contributed by atoms with E-state index in [0.717, 1.165) is 0 Å². The zero-order valence-corrected chi connectivity index (χ0v) is 15.6. The number of hydrogen-bond donors (Lipinski definition) is 4. The highest BCUT2D eigenvalue weighted by molar-refractivity contribution is 6.00. The average Bonchev–Trinajstić information content (AvgIpc) is 2.67. The van der Waals surface area contributed by atoms with Crippen LogP contribution in [0.25, 0.3) is 0 Å². The number of benzene rings is 2. The number of nitrogens with zero attached hydrogens (tertiary/aromatic N) is 2. The first-order valence-electron chi connectivity index (χ1n) is 8.63. The number of urea groups is 1. The van der Waals surface area contributed by atoms with Crippen molar-refractivity contribution in [2.45, 2.75) is 6.92 Å². The van der Waals surface area contributed by atoms with Crippen molar-refractivity contribution < 1.29 is 9.59 Å². The van der Waals surface area contributed by atoms with Gasteiger partial charge in [-0.2, -0.15) is 0 Å². The Morgan fingerprint density at radius 1 is 0.828 bits per heavy atom. The van der Waals surface area contributed by atoms with E-state index in [1.54, 1.807) is 54.9 Å². The van der Waals surface area contributed by atoms with Crippen molar-refractivity contribution in [2.75, 3.05) is 21.7 Å². The maximum absolute atomic E-state index is 12.3. The van der Waals surface area contributed by atoms with Crippen LogP contribution in [0.5, 0.6) is 0 Å². The molecule has 1 heterocycles.